The summed E-state index contributed by atoms with van der Waals surface area (Å²) in [5.74, 6) is -0.571. The van der Waals surface area contributed by atoms with Crippen LogP contribution in [-0.2, 0) is 4.74 Å². The van der Waals surface area contributed by atoms with Gasteiger partial charge < -0.3 is 14.9 Å². The molecule has 1 aliphatic rings. The third-order valence-corrected chi connectivity index (χ3v) is 2.93. The highest BCUT2D eigenvalue weighted by atomic mass is 16.5. The average Bonchev–Trinajstić information content (AvgIpc) is 2.64. The molecule has 0 aliphatic carbocycles. The van der Waals surface area contributed by atoms with E-state index in [2.05, 4.69) is 4.98 Å². The third-order valence-electron chi connectivity index (χ3n) is 2.93. The number of aromatic amines is 1. The van der Waals surface area contributed by atoms with Crippen molar-refractivity contribution in [1.82, 2.24) is 9.55 Å². The fraction of sp³-hybridized carbons (Fsp3) is 0.600. The Morgan fingerprint density at radius 3 is 2.94 bits per heavy atom. The van der Waals surface area contributed by atoms with E-state index in [-0.39, 0.29) is 13.2 Å². The Kier molecular flexibility index (Phi) is 3.14. The molecule has 0 aromatic carbocycles. The van der Waals surface area contributed by atoms with Crippen LogP contribution in [0, 0.1) is 12.8 Å². The van der Waals surface area contributed by atoms with E-state index in [1.165, 1.54) is 10.8 Å². The molecular weight excluding hydrogens is 228 g/mol. The molecule has 1 aromatic rings. The van der Waals surface area contributed by atoms with Crippen LogP contribution in [0.25, 0.3) is 0 Å². The molecule has 0 saturated carbocycles. The highest BCUT2D eigenvalue weighted by molar-refractivity contribution is 5.02. The van der Waals surface area contributed by atoms with E-state index in [9.17, 15) is 14.7 Å². The second kappa shape index (κ2) is 4.44. The van der Waals surface area contributed by atoms with E-state index >= 15 is 0 Å². The Labute approximate surface area is 96.3 Å². The van der Waals surface area contributed by atoms with Gasteiger partial charge in [0.2, 0.25) is 0 Å². The molecule has 94 valence electrons. The zero-order valence-corrected chi connectivity index (χ0v) is 9.29. The zero-order chi connectivity index (χ0) is 12.6. The number of rotatable bonds is 2. The molecular formula is C10H14N2O5. The van der Waals surface area contributed by atoms with Gasteiger partial charge >= 0.3 is 5.69 Å². The molecule has 3 N–H and O–H groups in total. The lowest BCUT2D eigenvalue weighted by molar-refractivity contribution is 0.0128. The second-order valence-electron chi connectivity index (χ2n) is 4.12. The summed E-state index contributed by atoms with van der Waals surface area (Å²) >= 11 is 0. The normalized spacial score (nSPS) is 28.5. The van der Waals surface area contributed by atoms with Gasteiger partial charge in [0, 0.05) is 11.8 Å². The molecule has 7 nitrogen and oxygen atoms in total. The second-order valence-corrected chi connectivity index (χ2v) is 4.12. The Hall–Kier alpha value is -1.44. The highest BCUT2D eigenvalue weighted by Gasteiger charge is 2.37. The number of aliphatic hydroxyl groups excluding tert-OH is 2. The van der Waals surface area contributed by atoms with E-state index in [1.807, 2.05) is 0 Å². The van der Waals surface area contributed by atoms with Crippen LogP contribution in [0.5, 0.6) is 0 Å². The van der Waals surface area contributed by atoms with Crippen molar-refractivity contribution >= 4 is 0 Å². The van der Waals surface area contributed by atoms with E-state index in [1.54, 1.807) is 6.92 Å². The molecule has 1 aliphatic heterocycles. The first-order chi connectivity index (χ1) is 8.04. The molecule has 0 spiro atoms. The summed E-state index contributed by atoms with van der Waals surface area (Å²) in [4.78, 5) is 25.0. The molecule has 1 saturated heterocycles. The maximum atomic E-state index is 11.6. The van der Waals surface area contributed by atoms with Crippen LogP contribution in [0.4, 0.5) is 0 Å². The Morgan fingerprint density at radius 1 is 1.59 bits per heavy atom. The molecule has 0 amide bonds. The van der Waals surface area contributed by atoms with Crippen LogP contribution >= 0.6 is 0 Å². The van der Waals surface area contributed by atoms with Crippen molar-refractivity contribution in [3.8, 4) is 0 Å². The first-order valence-corrected chi connectivity index (χ1v) is 5.27. The van der Waals surface area contributed by atoms with Crippen molar-refractivity contribution in [1.29, 1.82) is 0 Å². The van der Waals surface area contributed by atoms with E-state index < -0.39 is 29.5 Å². The van der Waals surface area contributed by atoms with Crippen molar-refractivity contribution in [3.05, 3.63) is 32.6 Å². The van der Waals surface area contributed by atoms with Crippen molar-refractivity contribution in [2.45, 2.75) is 19.3 Å². The number of aromatic nitrogens is 2. The molecule has 1 aromatic heterocycles. The Bertz CT molecular complexity index is 520. The van der Waals surface area contributed by atoms with E-state index in [0.717, 1.165) is 0 Å². The first-order valence-electron chi connectivity index (χ1n) is 5.27. The summed E-state index contributed by atoms with van der Waals surface area (Å²) in [6.07, 6.45) is -0.200. The summed E-state index contributed by atoms with van der Waals surface area (Å²) in [5.41, 5.74) is -0.699. The lowest BCUT2D eigenvalue weighted by atomic mass is 10.1. The predicted molar refractivity (Wildman–Crippen MR) is 57.6 cm³/mol. The van der Waals surface area contributed by atoms with Crippen LogP contribution in [0.1, 0.15) is 11.8 Å². The number of hydrogen-bond donors (Lipinski definition) is 3. The molecule has 0 unspecified atom stereocenters. The van der Waals surface area contributed by atoms with Gasteiger partial charge in [-0.3, -0.25) is 14.3 Å². The Morgan fingerprint density at radius 2 is 2.29 bits per heavy atom. The molecule has 1 fully saturated rings. The van der Waals surface area contributed by atoms with E-state index in [0.29, 0.717) is 5.56 Å². The SMILES string of the molecule is Cc1cn([C@H]2OC[C@@H](O)[C@@H]2CO)c(=O)[nH]c1=O. The fourth-order valence-electron chi connectivity index (χ4n) is 1.91. The first kappa shape index (κ1) is 12.0. The Balaban J connectivity index is 2.44. The standard InChI is InChI=1S/C10H14N2O5/c1-5-2-12(10(16)11-8(5)15)9-6(3-13)7(14)4-17-9/h2,6-7,9,13-14H,3-4H2,1H3,(H,11,15,16)/t6-,7+,9-/m0/s1. The maximum Gasteiger partial charge on any atom is 0.330 e. The van der Waals surface area contributed by atoms with Crippen LogP contribution < -0.4 is 11.2 Å². The molecule has 2 heterocycles. The average molecular weight is 242 g/mol. The van der Waals surface area contributed by atoms with Gasteiger partial charge in [-0.2, -0.15) is 0 Å². The minimum atomic E-state index is -0.816. The number of H-pyrrole nitrogens is 1. The van der Waals surface area contributed by atoms with Gasteiger partial charge in [-0.25, -0.2) is 4.79 Å². The van der Waals surface area contributed by atoms with Crippen molar-refractivity contribution < 1.29 is 14.9 Å². The highest BCUT2D eigenvalue weighted by Crippen LogP contribution is 2.28. The molecule has 0 radical (unpaired) electrons. The number of aryl methyl sites for hydroxylation is 1. The predicted octanol–water partition coefficient (Wildman–Crippen LogP) is -1.66. The monoisotopic (exact) mass is 242 g/mol. The minimum Gasteiger partial charge on any atom is -0.396 e. The van der Waals surface area contributed by atoms with Gasteiger partial charge in [-0.15, -0.1) is 0 Å². The maximum absolute atomic E-state index is 11.6. The van der Waals surface area contributed by atoms with E-state index in [4.69, 9.17) is 9.84 Å². The number of hydrogen-bond acceptors (Lipinski definition) is 5. The van der Waals surface area contributed by atoms with Crippen LogP contribution in [0.3, 0.4) is 0 Å². The summed E-state index contributed by atoms with van der Waals surface area (Å²) in [6.45, 7) is 1.32. The smallest absolute Gasteiger partial charge is 0.330 e. The summed E-state index contributed by atoms with van der Waals surface area (Å²) in [6, 6.07) is 0. The fourth-order valence-corrected chi connectivity index (χ4v) is 1.91. The molecule has 7 heteroatoms. The number of nitrogens with one attached hydrogen (secondary N) is 1. The lowest BCUT2D eigenvalue weighted by Crippen LogP contribution is -2.37. The van der Waals surface area contributed by atoms with Crippen LogP contribution in [-0.4, -0.2) is 39.1 Å². The summed E-state index contributed by atoms with van der Waals surface area (Å²) in [5, 5.41) is 18.7. The minimum absolute atomic E-state index is 0.0561. The van der Waals surface area contributed by atoms with Gasteiger partial charge in [0.05, 0.1) is 25.2 Å². The summed E-state index contributed by atoms with van der Waals surface area (Å²) in [7, 11) is 0. The van der Waals surface area contributed by atoms with Gasteiger partial charge in [-0.1, -0.05) is 0 Å². The van der Waals surface area contributed by atoms with Crippen LogP contribution in [0.2, 0.25) is 0 Å². The van der Waals surface area contributed by atoms with Gasteiger partial charge in [0.1, 0.15) is 6.23 Å². The molecule has 17 heavy (non-hydrogen) atoms. The lowest BCUT2D eigenvalue weighted by Gasteiger charge is -2.20. The number of ether oxygens (including phenoxy) is 1. The van der Waals surface area contributed by atoms with Crippen molar-refractivity contribution in [2.24, 2.45) is 5.92 Å². The largest absolute Gasteiger partial charge is 0.396 e. The van der Waals surface area contributed by atoms with Crippen molar-refractivity contribution in [3.63, 3.8) is 0 Å². The summed E-state index contributed by atoms with van der Waals surface area (Å²) < 4.78 is 6.45. The topological polar surface area (TPSA) is 105 Å². The van der Waals surface area contributed by atoms with Gasteiger partial charge in [0.25, 0.3) is 5.56 Å². The molecule has 0 bridgehead atoms. The quantitative estimate of drug-likeness (QED) is 0.576. The van der Waals surface area contributed by atoms with Crippen LogP contribution in [0.15, 0.2) is 15.8 Å². The third kappa shape index (κ3) is 2.04. The van der Waals surface area contributed by atoms with Gasteiger partial charge in [0.15, 0.2) is 0 Å². The van der Waals surface area contributed by atoms with Gasteiger partial charge in [-0.05, 0) is 6.92 Å². The molecule has 2 rings (SSSR count). The molecule has 3 atom stereocenters. The van der Waals surface area contributed by atoms with Crippen molar-refractivity contribution in [2.75, 3.05) is 13.2 Å². The number of aliphatic hydroxyl groups is 2. The zero-order valence-electron chi connectivity index (χ0n) is 9.29. The number of nitrogens with zero attached hydrogens (tertiary/aromatic N) is 1.